The highest BCUT2D eigenvalue weighted by Gasteiger charge is 2.51. The summed E-state index contributed by atoms with van der Waals surface area (Å²) in [5.41, 5.74) is 6.08. The molecule has 1 aliphatic rings. The highest BCUT2D eigenvalue weighted by atomic mass is 16.3. The molecule has 0 radical (unpaired) electrons. The van der Waals surface area contributed by atoms with E-state index in [2.05, 4.69) is 27.7 Å². The molecular weight excluding hydrogens is 222 g/mol. The van der Waals surface area contributed by atoms with Gasteiger partial charge in [0.2, 0.25) is 0 Å². The lowest BCUT2D eigenvalue weighted by Crippen LogP contribution is -2.44. The Morgan fingerprint density at radius 2 is 1.94 bits per heavy atom. The maximum absolute atomic E-state index is 10.7. The quantitative estimate of drug-likeness (QED) is 0.728. The maximum Gasteiger partial charge on any atom is 0.0659 e. The monoisotopic (exact) mass is 255 g/mol. The zero-order chi connectivity index (χ0) is 13.8. The van der Waals surface area contributed by atoms with E-state index in [1.165, 1.54) is 25.7 Å². The van der Waals surface area contributed by atoms with E-state index in [-0.39, 0.29) is 16.9 Å². The number of hydrogen-bond acceptors (Lipinski definition) is 2. The predicted octanol–water partition coefficient (Wildman–Crippen LogP) is 3.72. The van der Waals surface area contributed by atoms with Crippen LogP contribution in [0.3, 0.4) is 0 Å². The summed E-state index contributed by atoms with van der Waals surface area (Å²) in [6.07, 6.45) is 8.17. The lowest BCUT2D eigenvalue weighted by Gasteiger charge is -2.38. The minimum atomic E-state index is -0.231. The van der Waals surface area contributed by atoms with Crippen molar-refractivity contribution in [2.24, 2.45) is 22.5 Å². The van der Waals surface area contributed by atoms with Gasteiger partial charge in [-0.15, -0.1) is 0 Å². The van der Waals surface area contributed by atoms with Crippen molar-refractivity contribution in [3.05, 3.63) is 0 Å². The Bertz CT molecular complexity index is 251. The number of aliphatic hydroxyl groups excluding tert-OH is 1. The standard InChI is InChI=1S/C16H33NO/c1-5-7-8-13(6-2)11-16(12-17)10-9-15(3,4)14(16)18/h13-14,18H,5-12,17H2,1-4H3. The SMILES string of the molecule is CCCCC(CC)CC1(CN)CCC(C)(C)C1O. The zero-order valence-corrected chi connectivity index (χ0v) is 12.8. The molecule has 0 aromatic heterocycles. The lowest BCUT2D eigenvalue weighted by molar-refractivity contribution is -0.0181. The smallest absolute Gasteiger partial charge is 0.0659 e. The van der Waals surface area contributed by atoms with Gasteiger partial charge in [0.25, 0.3) is 0 Å². The van der Waals surface area contributed by atoms with Crippen molar-refractivity contribution in [3.8, 4) is 0 Å². The average molecular weight is 255 g/mol. The molecule has 0 spiro atoms. The third-order valence-electron chi connectivity index (χ3n) is 5.23. The van der Waals surface area contributed by atoms with Crippen LogP contribution in [0.5, 0.6) is 0 Å². The van der Waals surface area contributed by atoms with Gasteiger partial charge in [0.05, 0.1) is 6.10 Å². The molecule has 0 bridgehead atoms. The molecule has 0 aromatic carbocycles. The van der Waals surface area contributed by atoms with E-state index in [0.29, 0.717) is 6.54 Å². The Morgan fingerprint density at radius 1 is 1.28 bits per heavy atom. The minimum absolute atomic E-state index is 0.0160. The van der Waals surface area contributed by atoms with Crippen LogP contribution in [0.15, 0.2) is 0 Å². The summed E-state index contributed by atoms with van der Waals surface area (Å²) in [6.45, 7) is 9.53. The van der Waals surface area contributed by atoms with Crippen LogP contribution in [-0.2, 0) is 0 Å². The Kier molecular flexibility index (Phi) is 5.67. The first-order valence-electron chi connectivity index (χ1n) is 7.80. The van der Waals surface area contributed by atoms with Gasteiger partial charge in [-0.25, -0.2) is 0 Å². The average Bonchev–Trinajstić information content (AvgIpc) is 2.59. The second-order valence-electron chi connectivity index (χ2n) is 7.08. The van der Waals surface area contributed by atoms with Crippen LogP contribution in [0.4, 0.5) is 0 Å². The van der Waals surface area contributed by atoms with Crippen LogP contribution in [-0.4, -0.2) is 17.8 Å². The van der Waals surface area contributed by atoms with E-state index < -0.39 is 0 Å². The third-order valence-corrected chi connectivity index (χ3v) is 5.23. The van der Waals surface area contributed by atoms with Gasteiger partial charge in [0.1, 0.15) is 0 Å². The number of unbranched alkanes of at least 4 members (excludes halogenated alkanes) is 1. The molecule has 0 aliphatic heterocycles. The van der Waals surface area contributed by atoms with Gasteiger partial charge in [-0.2, -0.15) is 0 Å². The normalized spacial score (nSPS) is 32.7. The van der Waals surface area contributed by atoms with Crippen molar-refractivity contribution < 1.29 is 5.11 Å². The predicted molar refractivity (Wildman–Crippen MR) is 78.4 cm³/mol. The van der Waals surface area contributed by atoms with Crippen LogP contribution < -0.4 is 5.73 Å². The topological polar surface area (TPSA) is 46.2 Å². The molecule has 3 unspecified atom stereocenters. The first kappa shape index (κ1) is 16.0. The number of rotatable bonds is 7. The van der Waals surface area contributed by atoms with Crippen molar-refractivity contribution >= 4 is 0 Å². The van der Waals surface area contributed by atoms with Gasteiger partial charge in [-0.3, -0.25) is 0 Å². The Labute approximate surface area is 113 Å². The van der Waals surface area contributed by atoms with E-state index in [1.54, 1.807) is 0 Å². The fourth-order valence-electron chi connectivity index (χ4n) is 3.70. The molecule has 108 valence electrons. The summed E-state index contributed by atoms with van der Waals surface area (Å²) >= 11 is 0. The van der Waals surface area contributed by atoms with E-state index in [9.17, 15) is 5.11 Å². The molecule has 0 amide bonds. The minimum Gasteiger partial charge on any atom is -0.392 e. The van der Waals surface area contributed by atoms with E-state index in [1.807, 2.05) is 0 Å². The number of nitrogens with two attached hydrogens (primary N) is 1. The summed E-state index contributed by atoms with van der Waals surface area (Å²) in [4.78, 5) is 0. The van der Waals surface area contributed by atoms with Gasteiger partial charge in [0.15, 0.2) is 0 Å². The fourth-order valence-corrected chi connectivity index (χ4v) is 3.70. The fraction of sp³-hybridized carbons (Fsp3) is 1.00. The molecule has 1 fully saturated rings. The van der Waals surface area contributed by atoms with Crippen LogP contribution in [0.2, 0.25) is 0 Å². The molecule has 2 heteroatoms. The number of hydrogen-bond donors (Lipinski definition) is 2. The molecule has 18 heavy (non-hydrogen) atoms. The maximum atomic E-state index is 10.7. The van der Waals surface area contributed by atoms with Gasteiger partial charge in [-0.05, 0) is 30.6 Å². The first-order valence-corrected chi connectivity index (χ1v) is 7.80. The van der Waals surface area contributed by atoms with E-state index >= 15 is 0 Å². The van der Waals surface area contributed by atoms with Crippen molar-refractivity contribution in [2.75, 3.05) is 6.54 Å². The van der Waals surface area contributed by atoms with Crippen molar-refractivity contribution in [1.82, 2.24) is 0 Å². The van der Waals surface area contributed by atoms with Crippen molar-refractivity contribution in [3.63, 3.8) is 0 Å². The van der Waals surface area contributed by atoms with Crippen molar-refractivity contribution in [1.29, 1.82) is 0 Å². The Hall–Kier alpha value is -0.0800. The van der Waals surface area contributed by atoms with Gasteiger partial charge in [-0.1, -0.05) is 53.4 Å². The Morgan fingerprint density at radius 3 is 2.33 bits per heavy atom. The summed E-state index contributed by atoms with van der Waals surface area (Å²) in [5, 5.41) is 10.7. The van der Waals surface area contributed by atoms with Crippen LogP contribution in [0.25, 0.3) is 0 Å². The largest absolute Gasteiger partial charge is 0.392 e. The molecule has 0 aromatic rings. The molecular formula is C16H33NO. The van der Waals surface area contributed by atoms with Gasteiger partial charge >= 0.3 is 0 Å². The molecule has 0 heterocycles. The zero-order valence-electron chi connectivity index (χ0n) is 12.8. The van der Waals surface area contributed by atoms with Crippen LogP contribution >= 0.6 is 0 Å². The molecule has 3 atom stereocenters. The highest BCUT2D eigenvalue weighted by molar-refractivity contribution is 5.02. The van der Waals surface area contributed by atoms with Gasteiger partial charge < -0.3 is 10.8 Å². The summed E-state index contributed by atoms with van der Waals surface area (Å²) in [7, 11) is 0. The van der Waals surface area contributed by atoms with Crippen molar-refractivity contribution in [2.45, 2.75) is 78.7 Å². The lowest BCUT2D eigenvalue weighted by atomic mass is 9.71. The summed E-state index contributed by atoms with van der Waals surface area (Å²) in [5.74, 6) is 0.733. The Balaban J connectivity index is 2.71. The van der Waals surface area contributed by atoms with Gasteiger partial charge in [0, 0.05) is 12.0 Å². The van der Waals surface area contributed by atoms with E-state index in [4.69, 9.17) is 5.73 Å². The third kappa shape index (κ3) is 3.27. The second kappa shape index (κ2) is 6.38. The molecule has 3 N–H and O–H groups in total. The second-order valence-corrected chi connectivity index (χ2v) is 7.08. The molecule has 2 nitrogen and oxygen atoms in total. The van der Waals surface area contributed by atoms with Crippen LogP contribution in [0, 0.1) is 16.7 Å². The molecule has 0 saturated heterocycles. The summed E-state index contributed by atoms with van der Waals surface area (Å²) < 4.78 is 0. The van der Waals surface area contributed by atoms with Crippen LogP contribution in [0.1, 0.15) is 72.6 Å². The summed E-state index contributed by atoms with van der Waals surface area (Å²) in [6, 6.07) is 0. The first-order chi connectivity index (χ1) is 8.41. The molecule has 1 saturated carbocycles. The molecule has 1 aliphatic carbocycles. The molecule has 1 rings (SSSR count). The highest BCUT2D eigenvalue weighted by Crippen LogP contribution is 2.52. The van der Waals surface area contributed by atoms with E-state index in [0.717, 1.165) is 25.2 Å². The number of aliphatic hydroxyl groups is 1.